The van der Waals surface area contributed by atoms with Crippen molar-refractivity contribution < 1.29 is 9.53 Å². The summed E-state index contributed by atoms with van der Waals surface area (Å²) >= 11 is 0. The van der Waals surface area contributed by atoms with E-state index in [1.54, 1.807) is 12.1 Å². The second-order valence-electron chi connectivity index (χ2n) is 5.51. The fraction of sp³-hybridized carbons (Fsp3) is 0.278. The lowest BCUT2D eigenvalue weighted by atomic mass is 10.1. The van der Waals surface area contributed by atoms with Crippen LogP contribution >= 0.6 is 12.4 Å². The number of nitrogen functional groups attached to an aromatic ring is 1. The summed E-state index contributed by atoms with van der Waals surface area (Å²) in [6.45, 7) is 4.39. The van der Waals surface area contributed by atoms with Gasteiger partial charge in [0.25, 0.3) is 0 Å². The number of benzene rings is 2. The molecule has 2 aromatic carbocycles. The summed E-state index contributed by atoms with van der Waals surface area (Å²) in [7, 11) is 0. The van der Waals surface area contributed by atoms with Gasteiger partial charge in [0.2, 0.25) is 5.91 Å². The van der Waals surface area contributed by atoms with Crippen molar-refractivity contribution >= 4 is 24.0 Å². The normalized spacial score (nSPS) is 11.2. The molecule has 0 aliphatic rings. The van der Waals surface area contributed by atoms with E-state index in [0.29, 0.717) is 18.7 Å². The van der Waals surface area contributed by atoms with Crippen LogP contribution in [0.3, 0.4) is 0 Å². The number of rotatable bonds is 6. The zero-order valence-corrected chi connectivity index (χ0v) is 14.2. The van der Waals surface area contributed by atoms with Gasteiger partial charge in [-0.05, 0) is 49.2 Å². The van der Waals surface area contributed by atoms with E-state index < -0.39 is 0 Å². The van der Waals surface area contributed by atoms with Crippen molar-refractivity contribution in [2.45, 2.75) is 26.3 Å². The number of aryl methyl sites for hydroxylation is 1. The van der Waals surface area contributed by atoms with E-state index in [2.05, 4.69) is 5.32 Å². The fourth-order valence-electron chi connectivity index (χ4n) is 2.11. The van der Waals surface area contributed by atoms with Crippen molar-refractivity contribution in [3.8, 4) is 5.75 Å². The molecule has 0 spiro atoms. The van der Waals surface area contributed by atoms with Gasteiger partial charge in [-0.2, -0.15) is 0 Å². The summed E-state index contributed by atoms with van der Waals surface area (Å²) < 4.78 is 5.68. The minimum Gasteiger partial charge on any atom is -0.491 e. The van der Waals surface area contributed by atoms with Gasteiger partial charge in [-0.15, -0.1) is 12.4 Å². The Kier molecular flexibility index (Phi) is 7.42. The van der Waals surface area contributed by atoms with E-state index in [4.69, 9.17) is 10.5 Å². The molecule has 1 unspecified atom stereocenters. The number of nitrogens with two attached hydrogens (primary N) is 1. The van der Waals surface area contributed by atoms with Crippen molar-refractivity contribution in [1.29, 1.82) is 0 Å². The molecule has 23 heavy (non-hydrogen) atoms. The lowest BCUT2D eigenvalue weighted by molar-refractivity contribution is -0.121. The number of amides is 1. The summed E-state index contributed by atoms with van der Waals surface area (Å²) in [5.74, 6) is 0.796. The van der Waals surface area contributed by atoms with E-state index in [-0.39, 0.29) is 24.4 Å². The van der Waals surface area contributed by atoms with Crippen molar-refractivity contribution in [3.63, 3.8) is 0 Å². The van der Waals surface area contributed by atoms with Crippen LogP contribution in [0.1, 0.15) is 18.1 Å². The van der Waals surface area contributed by atoms with Gasteiger partial charge in [0.05, 0.1) is 12.5 Å². The standard InChI is InChI=1S/C18H22N2O2.ClH/c1-13-4-3-5-17(10-13)22-12-14(2)20-18(21)11-15-6-8-16(19)9-7-15;/h3-10,14H,11-12,19H2,1-2H3,(H,20,21);1H. The van der Waals surface area contributed by atoms with Gasteiger partial charge in [0, 0.05) is 5.69 Å². The van der Waals surface area contributed by atoms with Crippen molar-refractivity contribution in [2.24, 2.45) is 0 Å². The summed E-state index contributed by atoms with van der Waals surface area (Å²) in [6, 6.07) is 15.1. The Morgan fingerprint density at radius 2 is 1.91 bits per heavy atom. The Bertz CT molecular complexity index is 629. The molecule has 0 radical (unpaired) electrons. The molecule has 0 fully saturated rings. The van der Waals surface area contributed by atoms with E-state index in [0.717, 1.165) is 16.9 Å². The third-order valence-electron chi connectivity index (χ3n) is 3.24. The molecule has 4 nitrogen and oxygen atoms in total. The minimum atomic E-state index is -0.0539. The molecular weight excluding hydrogens is 312 g/mol. The molecule has 0 bridgehead atoms. The number of carbonyl (C=O) groups is 1. The summed E-state index contributed by atoms with van der Waals surface area (Å²) in [5, 5.41) is 2.93. The second kappa shape index (κ2) is 9.06. The van der Waals surface area contributed by atoms with Crippen molar-refractivity contribution in [2.75, 3.05) is 12.3 Å². The average molecular weight is 335 g/mol. The first kappa shape index (κ1) is 18.8. The van der Waals surface area contributed by atoms with Crippen LogP contribution in [0.25, 0.3) is 0 Å². The van der Waals surface area contributed by atoms with Crippen LogP contribution in [-0.2, 0) is 11.2 Å². The molecule has 0 aliphatic heterocycles. The molecule has 124 valence electrons. The van der Waals surface area contributed by atoms with E-state index in [9.17, 15) is 4.79 Å². The Morgan fingerprint density at radius 3 is 2.57 bits per heavy atom. The molecule has 5 heteroatoms. The lowest BCUT2D eigenvalue weighted by Crippen LogP contribution is -2.37. The van der Waals surface area contributed by atoms with Crippen LogP contribution in [0, 0.1) is 6.92 Å². The quantitative estimate of drug-likeness (QED) is 0.798. The average Bonchev–Trinajstić information content (AvgIpc) is 2.47. The largest absolute Gasteiger partial charge is 0.491 e. The molecule has 1 atom stereocenters. The van der Waals surface area contributed by atoms with Gasteiger partial charge >= 0.3 is 0 Å². The SMILES string of the molecule is Cc1cccc(OCC(C)NC(=O)Cc2ccc(N)cc2)c1.Cl. The van der Waals surface area contributed by atoms with E-state index >= 15 is 0 Å². The van der Waals surface area contributed by atoms with Crippen LogP contribution in [-0.4, -0.2) is 18.6 Å². The van der Waals surface area contributed by atoms with Crippen LogP contribution < -0.4 is 15.8 Å². The maximum atomic E-state index is 12.0. The molecule has 3 N–H and O–H groups in total. The van der Waals surface area contributed by atoms with E-state index in [1.807, 2.05) is 50.2 Å². The first-order valence-electron chi connectivity index (χ1n) is 7.36. The number of ether oxygens (including phenoxy) is 1. The number of nitrogens with one attached hydrogen (secondary N) is 1. The first-order valence-corrected chi connectivity index (χ1v) is 7.36. The Morgan fingerprint density at radius 1 is 1.22 bits per heavy atom. The van der Waals surface area contributed by atoms with Gasteiger partial charge in [-0.1, -0.05) is 24.3 Å². The van der Waals surface area contributed by atoms with Gasteiger partial charge < -0.3 is 15.8 Å². The van der Waals surface area contributed by atoms with Crippen LogP contribution in [0.4, 0.5) is 5.69 Å². The zero-order chi connectivity index (χ0) is 15.9. The van der Waals surface area contributed by atoms with Crippen molar-refractivity contribution in [3.05, 3.63) is 59.7 Å². The summed E-state index contributed by atoms with van der Waals surface area (Å²) in [5.41, 5.74) is 8.42. The Labute approximate surface area is 143 Å². The maximum Gasteiger partial charge on any atom is 0.224 e. The monoisotopic (exact) mass is 334 g/mol. The highest BCUT2D eigenvalue weighted by Crippen LogP contribution is 2.12. The van der Waals surface area contributed by atoms with Crippen molar-refractivity contribution in [1.82, 2.24) is 5.32 Å². The van der Waals surface area contributed by atoms with Crippen LogP contribution in [0.2, 0.25) is 0 Å². The summed E-state index contributed by atoms with van der Waals surface area (Å²) in [4.78, 5) is 12.0. The second-order valence-corrected chi connectivity index (χ2v) is 5.51. The fourth-order valence-corrected chi connectivity index (χ4v) is 2.11. The molecule has 0 saturated carbocycles. The Hall–Kier alpha value is -2.20. The molecule has 0 heterocycles. The first-order chi connectivity index (χ1) is 10.5. The van der Waals surface area contributed by atoms with Gasteiger partial charge in [0.1, 0.15) is 12.4 Å². The number of halogens is 1. The molecular formula is C18H23ClN2O2. The Balaban J connectivity index is 0.00000264. The predicted molar refractivity (Wildman–Crippen MR) is 96.1 cm³/mol. The van der Waals surface area contributed by atoms with E-state index in [1.165, 1.54) is 0 Å². The number of hydrogen-bond acceptors (Lipinski definition) is 3. The molecule has 2 aromatic rings. The summed E-state index contributed by atoms with van der Waals surface area (Å²) in [6.07, 6.45) is 0.342. The molecule has 0 aliphatic carbocycles. The van der Waals surface area contributed by atoms with Gasteiger partial charge in [-0.3, -0.25) is 4.79 Å². The van der Waals surface area contributed by atoms with Crippen LogP contribution in [0.5, 0.6) is 5.75 Å². The number of hydrogen-bond donors (Lipinski definition) is 2. The highest BCUT2D eigenvalue weighted by molar-refractivity contribution is 5.85. The highest BCUT2D eigenvalue weighted by atomic mass is 35.5. The minimum absolute atomic E-state index is 0. The smallest absolute Gasteiger partial charge is 0.224 e. The molecule has 0 aromatic heterocycles. The van der Waals surface area contributed by atoms with Crippen LogP contribution in [0.15, 0.2) is 48.5 Å². The maximum absolute atomic E-state index is 12.0. The third kappa shape index (κ3) is 6.61. The third-order valence-corrected chi connectivity index (χ3v) is 3.24. The molecule has 1 amide bonds. The topological polar surface area (TPSA) is 64.3 Å². The zero-order valence-electron chi connectivity index (χ0n) is 13.4. The lowest BCUT2D eigenvalue weighted by Gasteiger charge is -2.15. The number of anilines is 1. The number of carbonyl (C=O) groups excluding carboxylic acids is 1. The van der Waals surface area contributed by atoms with Gasteiger partial charge in [-0.25, -0.2) is 0 Å². The highest BCUT2D eigenvalue weighted by Gasteiger charge is 2.09. The molecule has 0 saturated heterocycles. The van der Waals surface area contributed by atoms with Gasteiger partial charge in [0.15, 0.2) is 0 Å². The molecule has 2 rings (SSSR count). The predicted octanol–water partition coefficient (Wildman–Crippen LogP) is 3.13.